The third-order valence-electron chi connectivity index (χ3n) is 2.26. The van der Waals surface area contributed by atoms with Crippen LogP contribution in [0.4, 0.5) is 0 Å². The predicted octanol–water partition coefficient (Wildman–Crippen LogP) is 1.57. The van der Waals surface area contributed by atoms with E-state index in [0.29, 0.717) is 17.1 Å². The third kappa shape index (κ3) is 4.93. The van der Waals surface area contributed by atoms with Gasteiger partial charge in [0.1, 0.15) is 15.6 Å². The second kappa shape index (κ2) is 5.71. The van der Waals surface area contributed by atoms with Crippen LogP contribution in [0.1, 0.15) is 12.5 Å². The lowest BCUT2D eigenvalue weighted by Gasteiger charge is -2.13. The molecule has 0 aliphatic rings. The van der Waals surface area contributed by atoms with Crippen LogP contribution in [-0.2, 0) is 16.4 Å². The normalized spacial score (nSPS) is 13.6. The first kappa shape index (κ1) is 14.3. The molecule has 6 heteroatoms. The first-order valence-corrected chi connectivity index (χ1v) is 7.61. The van der Waals surface area contributed by atoms with Crippen LogP contribution in [0.15, 0.2) is 18.2 Å². The van der Waals surface area contributed by atoms with Crippen molar-refractivity contribution in [3.63, 3.8) is 0 Å². The minimum Gasteiger partial charge on any atom is -0.506 e. The average molecular weight is 278 g/mol. The molecule has 0 aliphatic heterocycles. The van der Waals surface area contributed by atoms with Crippen molar-refractivity contribution in [1.29, 1.82) is 0 Å². The van der Waals surface area contributed by atoms with Crippen molar-refractivity contribution in [2.24, 2.45) is 0 Å². The van der Waals surface area contributed by atoms with Crippen LogP contribution in [0.3, 0.4) is 0 Å². The Hall–Kier alpha value is -0.780. The molecular formula is C11H16ClNO3S. The summed E-state index contributed by atoms with van der Waals surface area (Å²) >= 11 is 5.76. The molecule has 1 atom stereocenters. The van der Waals surface area contributed by atoms with Gasteiger partial charge in [-0.3, -0.25) is 0 Å². The molecule has 4 nitrogen and oxygen atoms in total. The topological polar surface area (TPSA) is 66.4 Å². The van der Waals surface area contributed by atoms with Gasteiger partial charge in [0.15, 0.2) is 0 Å². The number of phenols is 1. The summed E-state index contributed by atoms with van der Waals surface area (Å²) in [6.07, 6.45) is 1.20. The van der Waals surface area contributed by atoms with Gasteiger partial charge in [0.05, 0.1) is 10.8 Å². The highest BCUT2D eigenvalue weighted by molar-refractivity contribution is 7.90. The highest BCUT2D eigenvalue weighted by Gasteiger charge is 2.11. The van der Waals surface area contributed by atoms with E-state index in [2.05, 4.69) is 5.32 Å². The molecule has 17 heavy (non-hydrogen) atoms. The van der Waals surface area contributed by atoms with Crippen molar-refractivity contribution in [1.82, 2.24) is 5.32 Å². The van der Waals surface area contributed by atoms with E-state index in [4.69, 9.17) is 11.6 Å². The van der Waals surface area contributed by atoms with Crippen LogP contribution in [0.25, 0.3) is 0 Å². The Bertz CT molecular complexity index is 487. The number of phenolic OH excluding ortho intramolecular Hbond substituents is 1. The fraction of sp³-hybridized carbons (Fsp3) is 0.455. The monoisotopic (exact) mass is 277 g/mol. The highest BCUT2D eigenvalue weighted by Crippen LogP contribution is 2.26. The molecule has 2 N–H and O–H groups in total. The molecule has 0 saturated heterocycles. The summed E-state index contributed by atoms with van der Waals surface area (Å²) in [5.74, 6) is 0.0992. The summed E-state index contributed by atoms with van der Waals surface area (Å²) in [5.41, 5.74) is 0.651. The first-order chi connectivity index (χ1) is 7.79. The second-order valence-electron chi connectivity index (χ2n) is 4.12. The SMILES string of the molecule is CC(CS(C)(=O)=O)NCc1cccc(Cl)c1O. The van der Waals surface area contributed by atoms with E-state index in [0.717, 1.165) is 0 Å². The van der Waals surface area contributed by atoms with Crippen LogP contribution in [-0.4, -0.2) is 31.6 Å². The van der Waals surface area contributed by atoms with E-state index in [1.54, 1.807) is 25.1 Å². The summed E-state index contributed by atoms with van der Waals surface area (Å²) in [4.78, 5) is 0. The molecule has 0 bridgehead atoms. The molecule has 0 radical (unpaired) electrons. The van der Waals surface area contributed by atoms with Crippen molar-refractivity contribution in [3.05, 3.63) is 28.8 Å². The summed E-state index contributed by atoms with van der Waals surface area (Å²) in [6, 6.07) is 4.89. The van der Waals surface area contributed by atoms with E-state index < -0.39 is 9.84 Å². The zero-order valence-corrected chi connectivity index (χ0v) is 11.3. The van der Waals surface area contributed by atoms with Gasteiger partial charge in [-0.05, 0) is 13.0 Å². The van der Waals surface area contributed by atoms with E-state index in [1.165, 1.54) is 6.26 Å². The number of aromatic hydroxyl groups is 1. The Morgan fingerprint density at radius 3 is 2.71 bits per heavy atom. The van der Waals surface area contributed by atoms with Gasteiger partial charge >= 0.3 is 0 Å². The number of para-hydroxylation sites is 1. The standard InChI is InChI=1S/C11H16ClNO3S/c1-8(7-17(2,15)16)13-6-9-4-3-5-10(12)11(9)14/h3-5,8,13-14H,6-7H2,1-2H3. The molecule has 1 aromatic rings. The number of halogens is 1. The van der Waals surface area contributed by atoms with E-state index in [-0.39, 0.29) is 17.5 Å². The largest absolute Gasteiger partial charge is 0.506 e. The molecule has 0 spiro atoms. The van der Waals surface area contributed by atoms with Crippen LogP contribution < -0.4 is 5.32 Å². The highest BCUT2D eigenvalue weighted by atomic mass is 35.5. The van der Waals surface area contributed by atoms with E-state index in [9.17, 15) is 13.5 Å². The fourth-order valence-electron chi connectivity index (χ4n) is 1.50. The summed E-state index contributed by atoms with van der Waals surface area (Å²) in [7, 11) is -3.00. The number of benzene rings is 1. The van der Waals surface area contributed by atoms with Gasteiger partial charge in [0.2, 0.25) is 0 Å². The van der Waals surface area contributed by atoms with Gasteiger partial charge in [0.25, 0.3) is 0 Å². The van der Waals surface area contributed by atoms with E-state index in [1.807, 2.05) is 0 Å². The lowest BCUT2D eigenvalue weighted by Crippen LogP contribution is -2.32. The summed E-state index contributed by atoms with van der Waals surface area (Å²) < 4.78 is 22.1. The molecular weight excluding hydrogens is 262 g/mol. The Kier molecular flexibility index (Phi) is 4.80. The second-order valence-corrected chi connectivity index (χ2v) is 6.71. The minimum atomic E-state index is -3.00. The molecule has 0 fully saturated rings. The molecule has 0 heterocycles. The molecule has 1 aromatic carbocycles. The molecule has 1 unspecified atom stereocenters. The zero-order chi connectivity index (χ0) is 13.1. The average Bonchev–Trinajstić information content (AvgIpc) is 2.18. The first-order valence-electron chi connectivity index (χ1n) is 5.17. The molecule has 0 aliphatic carbocycles. The number of hydrogen-bond donors (Lipinski definition) is 2. The maximum absolute atomic E-state index is 11.1. The summed E-state index contributed by atoms with van der Waals surface area (Å²) in [6.45, 7) is 2.16. The molecule has 0 amide bonds. The van der Waals surface area contributed by atoms with Gasteiger partial charge < -0.3 is 10.4 Å². The fourth-order valence-corrected chi connectivity index (χ4v) is 2.72. The van der Waals surface area contributed by atoms with Crippen molar-refractivity contribution < 1.29 is 13.5 Å². The van der Waals surface area contributed by atoms with Crippen LogP contribution >= 0.6 is 11.6 Å². The lowest BCUT2D eigenvalue weighted by atomic mass is 10.2. The number of sulfone groups is 1. The maximum Gasteiger partial charge on any atom is 0.148 e. The van der Waals surface area contributed by atoms with Crippen molar-refractivity contribution in [2.75, 3.05) is 12.0 Å². The molecule has 0 aromatic heterocycles. The smallest absolute Gasteiger partial charge is 0.148 e. The van der Waals surface area contributed by atoms with Crippen molar-refractivity contribution >= 4 is 21.4 Å². The Labute approximate surface area is 107 Å². The summed E-state index contributed by atoms with van der Waals surface area (Å²) in [5, 5.41) is 13.0. The zero-order valence-electron chi connectivity index (χ0n) is 9.77. The van der Waals surface area contributed by atoms with Gasteiger partial charge in [0, 0.05) is 24.4 Å². The lowest BCUT2D eigenvalue weighted by molar-refractivity contribution is 0.461. The number of rotatable bonds is 5. The van der Waals surface area contributed by atoms with Crippen molar-refractivity contribution in [2.45, 2.75) is 19.5 Å². The van der Waals surface area contributed by atoms with Gasteiger partial charge in [-0.2, -0.15) is 0 Å². The Morgan fingerprint density at radius 2 is 2.12 bits per heavy atom. The van der Waals surface area contributed by atoms with Crippen LogP contribution in [0.5, 0.6) is 5.75 Å². The quantitative estimate of drug-likeness (QED) is 0.857. The maximum atomic E-state index is 11.1. The van der Waals surface area contributed by atoms with E-state index >= 15 is 0 Å². The van der Waals surface area contributed by atoms with Gasteiger partial charge in [-0.15, -0.1) is 0 Å². The van der Waals surface area contributed by atoms with Crippen molar-refractivity contribution in [3.8, 4) is 5.75 Å². The molecule has 96 valence electrons. The number of nitrogens with one attached hydrogen (secondary N) is 1. The number of hydrogen-bond acceptors (Lipinski definition) is 4. The third-order valence-corrected chi connectivity index (χ3v) is 3.67. The Morgan fingerprint density at radius 1 is 1.47 bits per heavy atom. The van der Waals surface area contributed by atoms with Crippen LogP contribution in [0.2, 0.25) is 5.02 Å². The Balaban J connectivity index is 2.59. The van der Waals surface area contributed by atoms with Crippen LogP contribution in [0, 0.1) is 0 Å². The van der Waals surface area contributed by atoms with Gasteiger partial charge in [-0.25, -0.2) is 8.42 Å². The predicted molar refractivity (Wildman–Crippen MR) is 69.1 cm³/mol. The minimum absolute atomic E-state index is 0.0354. The van der Waals surface area contributed by atoms with Gasteiger partial charge in [-0.1, -0.05) is 23.7 Å². The molecule has 0 saturated carbocycles. The molecule has 1 rings (SSSR count).